The largest absolute Gasteiger partial charge is 0.481 e. The minimum atomic E-state index is -0.821. The Hall–Kier alpha value is -0.750. The van der Waals surface area contributed by atoms with Gasteiger partial charge in [0, 0.05) is 29.0 Å². The van der Waals surface area contributed by atoms with Crippen molar-refractivity contribution < 1.29 is 9.90 Å². The molecule has 2 atom stereocenters. The third-order valence-electron chi connectivity index (χ3n) is 2.56. The Labute approximate surface area is 109 Å². The third kappa shape index (κ3) is 3.35. The summed E-state index contributed by atoms with van der Waals surface area (Å²) in [5.74, 6) is -0.821. The molecule has 2 heterocycles. The van der Waals surface area contributed by atoms with Gasteiger partial charge in [0.15, 0.2) is 5.13 Å². The molecule has 0 amide bonds. The number of aliphatic carboxylic acids is 1. The maximum Gasteiger partial charge on any atom is 0.309 e. The molecule has 0 aliphatic carbocycles. The molecule has 1 saturated heterocycles. The van der Waals surface area contributed by atoms with Gasteiger partial charge in [0.2, 0.25) is 0 Å². The summed E-state index contributed by atoms with van der Waals surface area (Å²) >= 11 is 3.54. The highest BCUT2D eigenvalue weighted by atomic mass is 32.2. The van der Waals surface area contributed by atoms with Gasteiger partial charge < -0.3 is 10.0 Å². The number of anilines is 1. The number of nitrogens with zero attached hydrogens (tertiary/aromatic N) is 2. The van der Waals surface area contributed by atoms with Crippen molar-refractivity contribution in [2.24, 2.45) is 0 Å². The highest BCUT2D eigenvalue weighted by Crippen LogP contribution is 2.30. The van der Waals surface area contributed by atoms with Crippen LogP contribution < -0.4 is 4.90 Å². The van der Waals surface area contributed by atoms with Crippen LogP contribution in [0.1, 0.15) is 19.5 Å². The van der Waals surface area contributed by atoms with Gasteiger partial charge in [-0.15, -0.1) is 11.3 Å². The quantitative estimate of drug-likeness (QED) is 0.913. The second-order valence-electron chi connectivity index (χ2n) is 4.35. The van der Waals surface area contributed by atoms with Crippen LogP contribution in [0, 0.1) is 0 Å². The van der Waals surface area contributed by atoms with Gasteiger partial charge in [-0.3, -0.25) is 4.79 Å². The van der Waals surface area contributed by atoms with Crippen LogP contribution in [0.4, 0.5) is 5.13 Å². The summed E-state index contributed by atoms with van der Waals surface area (Å²) in [4.78, 5) is 17.3. The molecule has 4 nitrogen and oxygen atoms in total. The van der Waals surface area contributed by atoms with E-state index >= 15 is 0 Å². The van der Waals surface area contributed by atoms with Gasteiger partial charge >= 0.3 is 5.97 Å². The van der Waals surface area contributed by atoms with E-state index in [1.807, 2.05) is 17.1 Å². The number of hydrogen-bond donors (Lipinski definition) is 1. The lowest BCUT2D eigenvalue weighted by molar-refractivity contribution is -0.136. The first-order valence-electron chi connectivity index (χ1n) is 5.61. The molecule has 0 bridgehead atoms. The van der Waals surface area contributed by atoms with E-state index in [0.29, 0.717) is 16.2 Å². The van der Waals surface area contributed by atoms with Crippen LogP contribution in [0.5, 0.6) is 0 Å². The zero-order valence-corrected chi connectivity index (χ0v) is 11.6. The molecular weight excluding hydrogens is 256 g/mol. The van der Waals surface area contributed by atoms with E-state index < -0.39 is 5.97 Å². The topological polar surface area (TPSA) is 53.4 Å². The molecule has 6 heteroatoms. The molecule has 1 fully saturated rings. The zero-order valence-electron chi connectivity index (χ0n) is 9.92. The predicted molar refractivity (Wildman–Crippen MR) is 72.2 cm³/mol. The van der Waals surface area contributed by atoms with Crippen LogP contribution in [0.25, 0.3) is 0 Å². The fourth-order valence-electron chi connectivity index (χ4n) is 2.01. The SMILES string of the molecule is CC1CN(c2nc(CC(=O)O)cs2)CC(C)S1. The Morgan fingerprint density at radius 2 is 2.18 bits per heavy atom. The van der Waals surface area contributed by atoms with Gasteiger partial charge in [-0.1, -0.05) is 13.8 Å². The van der Waals surface area contributed by atoms with Crippen LogP contribution in [-0.2, 0) is 11.2 Å². The molecule has 1 N–H and O–H groups in total. The van der Waals surface area contributed by atoms with Crippen molar-refractivity contribution in [1.29, 1.82) is 0 Å². The van der Waals surface area contributed by atoms with Crippen LogP contribution >= 0.6 is 23.1 Å². The van der Waals surface area contributed by atoms with E-state index in [4.69, 9.17) is 5.11 Å². The number of hydrogen-bond acceptors (Lipinski definition) is 5. The maximum absolute atomic E-state index is 10.6. The van der Waals surface area contributed by atoms with E-state index in [9.17, 15) is 4.79 Å². The van der Waals surface area contributed by atoms with Gasteiger partial charge in [-0.25, -0.2) is 4.98 Å². The number of carbonyl (C=O) groups is 1. The number of carboxylic acids is 1. The van der Waals surface area contributed by atoms with E-state index in [2.05, 4.69) is 23.7 Å². The number of aromatic nitrogens is 1. The molecule has 1 aromatic rings. The molecular formula is C11H16N2O2S2. The van der Waals surface area contributed by atoms with Gasteiger partial charge in [0.05, 0.1) is 12.1 Å². The monoisotopic (exact) mass is 272 g/mol. The van der Waals surface area contributed by atoms with Crippen molar-refractivity contribution in [3.8, 4) is 0 Å². The van der Waals surface area contributed by atoms with E-state index in [1.165, 1.54) is 0 Å². The van der Waals surface area contributed by atoms with E-state index in [-0.39, 0.29) is 6.42 Å². The number of rotatable bonds is 3. The third-order valence-corrected chi connectivity index (χ3v) is 4.74. The molecule has 1 aliphatic heterocycles. The fourth-order valence-corrected chi connectivity index (χ4v) is 4.18. The average Bonchev–Trinajstić information content (AvgIpc) is 2.63. The van der Waals surface area contributed by atoms with Gasteiger partial charge in [0.25, 0.3) is 0 Å². The number of thiazole rings is 1. The summed E-state index contributed by atoms with van der Waals surface area (Å²) in [7, 11) is 0. The fraction of sp³-hybridized carbons (Fsp3) is 0.636. The molecule has 2 unspecified atom stereocenters. The first kappa shape index (κ1) is 12.7. The second-order valence-corrected chi connectivity index (χ2v) is 7.07. The average molecular weight is 272 g/mol. The van der Waals surface area contributed by atoms with Crippen molar-refractivity contribution in [2.45, 2.75) is 30.8 Å². The smallest absolute Gasteiger partial charge is 0.309 e. The van der Waals surface area contributed by atoms with Gasteiger partial charge in [-0.05, 0) is 0 Å². The summed E-state index contributed by atoms with van der Waals surface area (Å²) in [5.41, 5.74) is 0.663. The molecule has 94 valence electrons. The molecule has 17 heavy (non-hydrogen) atoms. The van der Waals surface area contributed by atoms with E-state index in [0.717, 1.165) is 18.2 Å². The Balaban J connectivity index is 2.06. The van der Waals surface area contributed by atoms with Crippen LogP contribution in [0.15, 0.2) is 5.38 Å². The standard InChI is InChI=1S/C11H16N2O2S2/c1-7-4-13(5-8(2)17-7)11-12-9(6-16-11)3-10(14)15/h6-8H,3-5H2,1-2H3,(H,14,15). The molecule has 1 aromatic heterocycles. The first-order chi connectivity index (χ1) is 8.04. The normalized spacial score (nSPS) is 24.9. The minimum absolute atomic E-state index is 0.0181. The highest BCUT2D eigenvalue weighted by Gasteiger charge is 2.24. The van der Waals surface area contributed by atoms with E-state index in [1.54, 1.807) is 11.3 Å². The summed E-state index contributed by atoms with van der Waals surface area (Å²) in [6.07, 6.45) is 0.0181. The molecule has 0 radical (unpaired) electrons. The zero-order chi connectivity index (χ0) is 12.4. The molecule has 2 rings (SSSR count). The summed E-state index contributed by atoms with van der Waals surface area (Å²) in [6.45, 7) is 6.43. The molecule has 0 saturated carbocycles. The lowest BCUT2D eigenvalue weighted by Gasteiger charge is -2.34. The van der Waals surface area contributed by atoms with Crippen molar-refractivity contribution >= 4 is 34.2 Å². The van der Waals surface area contributed by atoms with Gasteiger partial charge in [-0.2, -0.15) is 11.8 Å². The maximum atomic E-state index is 10.6. The Morgan fingerprint density at radius 3 is 2.76 bits per heavy atom. The molecule has 1 aliphatic rings. The lowest BCUT2D eigenvalue weighted by Crippen LogP contribution is -2.40. The van der Waals surface area contributed by atoms with Crippen molar-refractivity contribution in [2.75, 3.05) is 18.0 Å². The predicted octanol–water partition coefficient (Wildman–Crippen LogP) is 2.10. The van der Waals surface area contributed by atoms with Gasteiger partial charge in [0.1, 0.15) is 0 Å². The Morgan fingerprint density at radius 1 is 1.53 bits per heavy atom. The van der Waals surface area contributed by atoms with Crippen molar-refractivity contribution in [3.05, 3.63) is 11.1 Å². The van der Waals surface area contributed by atoms with Crippen molar-refractivity contribution in [3.63, 3.8) is 0 Å². The van der Waals surface area contributed by atoms with Crippen LogP contribution in [0.2, 0.25) is 0 Å². The molecule has 0 aromatic carbocycles. The van der Waals surface area contributed by atoms with Crippen molar-refractivity contribution in [1.82, 2.24) is 4.98 Å². The Bertz CT molecular complexity index is 398. The minimum Gasteiger partial charge on any atom is -0.481 e. The summed E-state index contributed by atoms with van der Waals surface area (Å²) < 4.78 is 0. The van der Waals surface area contributed by atoms with Crippen LogP contribution in [-0.4, -0.2) is 39.6 Å². The highest BCUT2D eigenvalue weighted by molar-refractivity contribution is 8.00. The Kier molecular flexibility index (Phi) is 3.93. The number of thioether (sulfide) groups is 1. The first-order valence-corrected chi connectivity index (χ1v) is 7.43. The second kappa shape index (κ2) is 5.27. The number of carboxylic acid groups (broad SMARTS) is 1. The van der Waals surface area contributed by atoms with Crippen LogP contribution in [0.3, 0.4) is 0 Å². The molecule has 0 spiro atoms. The summed E-state index contributed by atoms with van der Waals surface area (Å²) in [6, 6.07) is 0. The summed E-state index contributed by atoms with van der Waals surface area (Å²) in [5, 5.41) is 12.7. The lowest BCUT2D eigenvalue weighted by atomic mass is 10.3.